The molecule has 1 aliphatic rings. The minimum absolute atomic E-state index is 0.0142. The Labute approximate surface area is 88.7 Å². The lowest BCUT2D eigenvalue weighted by Gasteiger charge is -2.34. The Kier molecular flexibility index (Phi) is 2.71. The van der Waals surface area contributed by atoms with Crippen molar-refractivity contribution in [2.75, 3.05) is 7.05 Å². The van der Waals surface area contributed by atoms with Crippen molar-refractivity contribution >= 4 is 5.91 Å². The van der Waals surface area contributed by atoms with Crippen LogP contribution in [0.4, 0.5) is 4.39 Å². The summed E-state index contributed by atoms with van der Waals surface area (Å²) in [5.74, 6) is -0.322. The lowest BCUT2D eigenvalue weighted by molar-refractivity contribution is 0.0652. The number of rotatable bonds is 2. The largest absolute Gasteiger partial charge is 0.339 e. The van der Waals surface area contributed by atoms with Gasteiger partial charge in [0.2, 0.25) is 0 Å². The summed E-state index contributed by atoms with van der Waals surface area (Å²) >= 11 is 0. The molecule has 0 N–H and O–H groups in total. The molecule has 0 unspecified atom stereocenters. The quantitative estimate of drug-likeness (QED) is 0.729. The summed E-state index contributed by atoms with van der Waals surface area (Å²) < 4.78 is 12.7. The summed E-state index contributed by atoms with van der Waals surface area (Å²) in [6.45, 7) is 0. The van der Waals surface area contributed by atoms with Gasteiger partial charge in [0.25, 0.3) is 5.91 Å². The van der Waals surface area contributed by atoms with Crippen LogP contribution in [0.25, 0.3) is 0 Å². The fourth-order valence-electron chi connectivity index (χ4n) is 1.74. The summed E-state index contributed by atoms with van der Waals surface area (Å²) in [6.07, 6.45) is 3.37. The molecule has 0 aromatic heterocycles. The first-order chi connectivity index (χ1) is 7.18. The van der Waals surface area contributed by atoms with Crippen LogP contribution in [0.2, 0.25) is 0 Å². The number of carbonyl (C=O) groups is 1. The Morgan fingerprint density at radius 2 is 1.93 bits per heavy atom. The highest BCUT2D eigenvalue weighted by atomic mass is 19.1. The van der Waals surface area contributed by atoms with Crippen molar-refractivity contribution in [3.63, 3.8) is 0 Å². The number of halogens is 1. The zero-order chi connectivity index (χ0) is 10.8. The fraction of sp³-hybridized carbons (Fsp3) is 0.417. The minimum atomic E-state index is -0.308. The van der Waals surface area contributed by atoms with Crippen molar-refractivity contribution in [2.45, 2.75) is 25.3 Å². The number of benzene rings is 1. The van der Waals surface area contributed by atoms with E-state index in [9.17, 15) is 9.18 Å². The Morgan fingerprint density at radius 3 is 2.40 bits per heavy atom. The monoisotopic (exact) mass is 207 g/mol. The molecule has 3 heteroatoms. The molecule has 2 nitrogen and oxygen atoms in total. The zero-order valence-electron chi connectivity index (χ0n) is 8.74. The number of hydrogen-bond donors (Lipinski definition) is 0. The summed E-state index contributed by atoms with van der Waals surface area (Å²) in [4.78, 5) is 13.7. The smallest absolute Gasteiger partial charge is 0.253 e. The molecule has 1 aromatic carbocycles. The second-order valence-electron chi connectivity index (χ2n) is 4.01. The van der Waals surface area contributed by atoms with Gasteiger partial charge in [-0.25, -0.2) is 4.39 Å². The van der Waals surface area contributed by atoms with Crippen LogP contribution in [0.15, 0.2) is 24.3 Å². The second-order valence-corrected chi connectivity index (χ2v) is 4.01. The van der Waals surface area contributed by atoms with Gasteiger partial charge in [0.1, 0.15) is 5.82 Å². The number of carbonyl (C=O) groups excluding carboxylic acids is 1. The molecule has 0 atom stereocenters. The highest BCUT2D eigenvalue weighted by Crippen LogP contribution is 2.24. The van der Waals surface area contributed by atoms with Crippen molar-refractivity contribution in [2.24, 2.45) is 0 Å². The third-order valence-corrected chi connectivity index (χ3v) is 3.03. The molecule has 0 aliphatic heterocycles. The maximum absolute atomic E-state index is 12.7. The Morgan fingerprint density at radius 1 is 1.33 bits per heavy atom. The average molecular weight is 207 g/mol. The third-order valence-electron chi connectivity index (χ3n) is 3.03. The SMILES string of the molecule is CN(C(=O)c1ccc(F)cc1)C1CCC1. The predicted octanol–water partition coefficient (Wildman–Crippen LogP) is 2.45. The molecule has 80 valence electrons. The Hall–Kier alpha value is -1.38. The fourth-order valence-corrected chi connectivity index (χ4v) is 1.74. The lowest BCUT2D eigenvalue weighted by atomic mass is 9.91. The van der Waals surface area contributed by atoms with Gasteiger partial charge in [-0.3, -0.25) is 4.79 Å². The van der Waals surface area contributed by atoms with Gasteiger partial charge < -0.3 is 4.90 Å². The second kappa shape index (κ2) is 4.01. The van der Waals surface area contributed by atoms with Crippen LogP contribution in [0.3, 0.4) is 0 Å². The van der Waals surface area contributed by atoms with Crippen LogP contribution in [-0.2, 0) is 0 Å². The van der Waals surface area contributed by atoms with Gasteiger partial charge >= 0.3 is 0 Å². The van der Waals surface area contributed by atoms with Crippen LogP contribution < -0.4 is 0 Å². The Bertz CT molecular complexity index is 356. The van der Waals surface area contributed by atoms with Crippen LogP contribution in [0.5, 0.6) is 0 Å². The summed E-state index contributed by atoms with van der Waals surface area (Å²) in [5, 5.41) is 0. The van der Waals surface area contributed by atoms with Gasteiger partial charge in [-0.1, -0.05) is 0 Å². The van der Waals surface area contributed by atoms with Crippen molar-refractivity contribution in [3.05, 3.63) is 35.6 Å². The van der Waals surface area contributed by atoms with Gasteiger partial charge in [-0.2, -0.15) is 0 Å². The first-order valence-corrected chi connectivity index (χ1v) is 5.21. The topological polar surface area (TPSA) is 20.3 Å². The van der Waals surface area contributed by atoms with E-state index in [0.29, 0.717) is 11.6 Å². The molecule has 1 aliphatic carbocycles. The highest BCUT2D eigenvalue weighted by molar-refractivity contribution is 5.94. The van der Waals surface area contributed by atoms with E-state index in [1.807, 2.05) is 7.05 Å². The van der Waals surface area contributed by atoms with Gasteiger partial charge in [0.15, 0.2) is 0 Å². The first kappa shape index (κ1) is 10.1. The molecular formula is C12H14FNO. The van der Waals surface area contributed by atoms with Crippen molar-refractivity contribution < 1.29 is 9.18 Å². The lowest BCUT2D eigenvalue weighted by Crippen LogP contribution is -2.41. The summed E-state index contributed by atoms with van der Waals surface area (Å²) in [6, 6.07) is 6.09. The van der Waals surface area contributed by atoms with E-state index in [1.54, 1.807) is 4.90 Å². The number of hydrogen-bond acceptors (Lipinski definition) is 1. The molecular weight excluding hydrogens is 193 g/mol. The molecule has 1 saturated carbocycles. The van der Waals surface area contributed by atoms with Gasteiger partial charge in [0, 0.05) is 18.7 Å². The Balaban J connectivity index is 2.09. The average Bonchev–Trinajstić information content (AvgIpc) is 2.15. The van der Waals surface area contributed by atoms with E-state index in [4.69, 9.17) is 0 Å². The van der Waals surface area contributed by atoms with Crippen LogP contribution in [-0.4, -0.2) is 23.9 Å². The van der Waals surface area contributed by atoms with Gasteiger partial charge in [-0.15, -0.1) is 0 Å². The third kappa shape index (κ3) is 2.01. The molecule has 1 fully saturated rings. The zero-order valence-corrected chi connectivity index (χ0v) is 8.74. The van der Waals surface area contributed by atoms with Crippen molar-refractivity contribution in [1.29, 1.82) is 0 Å². The first-order valence-electron chi connectivity index (χ1n) is 5.21. The van der Waals surface area contributed by atoms with Gasteiger partial charge in [-0.05, 0) is 43.5 Å². The molecule has 1 amide bonds. The van der Waals surface area contributed by atoms with Crippen LogP contribution >= 0.6 is 0 Å². The normalized spacial score (nSPS) is 15.9. The number of nitrogens with zero attached hydrogens (tertiary/aromatic N) is 1. The maximum atomic E-state index is 12.7. The molecule has 0 heterocycles. The van der Waals surface area contributed by atoms with Gasteiger partial charge in [0.05, 0.1) is 0 Å². The van der Waals surface area contributed by atoms with E-state index < -0.39 is 0 Å². The van der Waals surface area contributed by atoms with E-state index in [2.05, 4.69) is 0 Å². The van der Waals surface area contributed by atoms with E-state index in [-0.39, 0.29) is 11.7 Å². The molecule has 0 bridgehead atoms. The van der Waals surface area contributed by atoms with E-state index >= 15 is 0 Å². The molecule has 0 radical (unpaired) electrons. The molecule has 2 rings (SSSR count). The van der Waals surface area contributed by atoms with Crippen LogP contribution in [0, 0.1) is 5.82 Å². The standard InChI is InChI=1S/C12H14FNO/c1-14(11-3-2-4-11)12(15)9-5-7-10(13)8-6-9/h5-8,11H,2-4H2,1H3. The van der Waals surface area contributed by atoms with Crippen LogP contribution in [0.1, 0.15) is 29.6 Å². The van der Waals surface area contributed by atoms with Crippen molar-refractivity contribution in [1.82, 2.24) is 4.90 Å². The molecule has 15 heavy (non-hydrogen) atoms. The number of amides is 1. The molecule has 0 saturated heterocycles. The molecule has 0 spiro atoms. The minimum Gasteiger partial charge on any atom is -0.339 e. The highest BCUT2D eigenvalue weighted by Gasteiger charge is 2.26. The summed E-state index contributed by atoms with van der Waals surface area (Å²) in [5.41, 5.74) is 0.561. The molecule has 1 aromatic rings. The van der Waals surface area contributed by atoms with E-state index in [1.165, 1.54) is 30.7 Å². The summed E-state index contributed by atoms with van der Waals surface area (Å²) in [7, 11) is 1.81. The predicted molar refractivity (Wildman–Crippen MR) is 56.1 cm³/mol. The maximum Gasteiger partial charge on any atom is 0.253 e. The van der Waals surface area contributed by atoms with Crippen molar-refractivity contribution in [3.8, 4) is 0 Å². The van der Waals surface area contributed by atoms with E-state index in [0.717, 1.165) is 12.8 Å².